The highest BCUT2D eigenvalue weighted by Crippen LogP contribution is 2.40. The molecule has 0 saturated carbocycles. The van der Waals surface area contributed by atoms with E-state index >= 15 is 0 Å². The first-order chi connectivity index (χ1) is 17.6. The Balaban J connectivity index is 1.68. The number of carbonyl (C=O) groups excluding carboxylic acids is 1. The van der Waals surface area contributed by atoms with Crippen molar-refractivity contribution in [3.8, 4) is 11.5 Å². The van der Waals surface area contributed by atoms with Crippen LogP contribution in [0.1, 0.15) is 23.1 Å². The number of hydrogen-bond donors (Lipinski definition) is 1. The predicted molar refractivity (Wildman–Crippen MR) is 142 cm³/mol. The van der Waals surface area contributed by atoms with Gasteiger partial charge in [0, 0.05) is 43.7 Å². The number of nitrogens with zero attached hydrogens (tertiary/aromatic N) is 2. The van der Waals surface area contributed by atoms with Gasteiger partial charge in [-0.05, 0) is 23.3 Å². The Labute approximate surface area is 213 Å². The van der Waals surface area contributed by atoms with E-state index in [-0.39, 0.29) is 5.91 Å². The van der Waals surface area contributed by atoms with Crippen molar-refractivity contribution in [3.63, 3.8) is 0 Å². The van der Waals surface area contributed by atoms with Crippen molar-refractivity contribution in [2.24, 2.45) is 0 Å². The summed E-state index contributed by atoms with van der Waals surface area (Å²) in [5.41, 5.74) is 3.95. The highest BCUT2D eigenvalue weighted by atomic mass is 16.5. The molecule has 0 radical (unpaired) electrons. The molecule has 1 aliphatic rings. The van der Waals surface area contributed by atoms with Crippen LogP contribution in [0.25, 0.3) is 0 Å². The maximum atomic E-state index is 13.3. The van der Waals surface area contributed by atoms with Gasteiger partial charge in [-0.2, -0.15) is 0 Å². The predicted octanol–water partition coefficient (Wildman–Crippen LogP) is 4.60. The first kappa shape index (κ1) is 25.3. The Morgan fingerprint density at radius 1 is 1.00 bits per heavy atom. The van der Waals surface area contributed by atoms with Gasteiger partial charge in [0.2, 0.25) is 5.91 Å². The van der Waals surface area contributed by atoms with Gasteiger partial charge in [0.1, 0.15) is 6.61 Å². The largest absolute Gasteiger partial charge is 0.493 e. The van der Waals surface area contributed by atoms with Crippen LogP contribution in [0.15, 0.2) is 85.5 Å². The molecule has 1 atom stereocenters. The first-order valence-electron chi connectivity index (χ1n) is 12.3. The molecular weight excluding hydrogens is 452 g/mol. The first-order valence-corrected chi connectivity index (χ1v) is 12.3. The minimum absolute atomic E-state index is 0.0598. The van der Waals surface area contributed by atoms with Crippen LogP contribution in [-0.4, -0.2) is 48.8 Å². The lowest BCUT2D eigenvalue weighted by atomic mass is 10.0. The van der Waals surface area contributed by atoms with E-state index < -0.39 is 6.10 Å². The van der Waals surface area contributed by atoms with Crippen LogP contribution >= 0.6 is 0 Å². The lowest BCUT2D eigenvalue weighted by Crippen LogP contribution is -2.41. The van der Waals surface area contributed by atoms with Crippen LogP contribution in [0, 0.1) is 0 Å². The summed E-state index contributed by atoms with van der Waals surface area (Å²) < 4.78 is 11.7. The molecule has 3 aromatic carbocycles. The fourth-order valence-corrected chi connectivity index (χ4v) is 4.64. The van der Waals surface area contributed by atoms with Gasteiger partial charge in [0.25, 0.3) is 0 Å². The van der Waals surface area contributed by atoms with Crippen LogP contribution in [-0.2, 0) is 24.3 Å². The summed E-state index contributed by atoms with van der Waals surface area (Å²) in [5, 5.41) is 11.0. The summed E-state index contributed by atoms with van der Waals surface area (Å²) >= 11 is 0. The molecule has 0 fully saturated rings. The van der Waals surface area contributed by atoms with Crippen LogP contribution in [0.5, 0.6) is 11.5 Å². The molecule has 188 valence electrons. The minimum atomic E-state index is -0.588. The van der Waals surface area contributed by atoms with Crippen LogP contribution in [0.4, 0.5) is 5.69 Å². The molecule has 1 aliphatic heterocycles. The molecule has 1 unspecified atom stereocenters. The normalized spacial score (nSPS) is 14.4. The Morgan fingerprint density at radius 2 is 1.69 bits per heavy atom. The van der Waals surface area contributed by atoms with Crippen molar-refractivity contribution in [3.05, 3.63) is 102 Å². The molecule has 6 nitrogen and oxygen atoms in total. The van der Waals surface area contributed by atoms with Gasteiger partial charge in [-0.1, -0.05) is 73.3 Å². The molecule has 4 rings (SSSR count). The molecule has 0 aromatic heterocycles. The Kier molecular flexibility index (Phi) is 8.63. The Bertz CT molecular complexity index is 1150. The highest BCUT2D eigenvalue weighted by Gasteiger charge is 2.28. The van der Waals surface area contributed by atoms with Crippen molar-refractivity contribution >= 4 is 11.6 Å². The standard InChI is InChI=1S/C30H34N2O4/c1-3-18-36-30-26-22-32(20-24-12-8-5-9-13-24)29(34)16-17-31(27(26)14-15-28(30)35-2)21-25(33)19-23-10-6-4-7-11-23/h3-15,25,33H,1,16-22H2,2H3. The number of aliphatic hydroxyl groups is 1. The van der Waals surface area contributed by atoms with Crippen molar-refractivity contribution in [1.29, 1.82) is 0 Å². The summed E-state index contributed by atoms with van der Waals surface area (Å²) in [6, 6.07) is 23.8. The average Bonchev–Trinajstić information content (AvgIpc) is 2.90. The second kappa shape index (κ2) is 12.3. The second-order valence-electron chi connectivity index (χ2n) is 8.97. The van der Waals surface area contributed by atoms with Crippen molar-refractivity contribution in [2.45, 2.75) is 32.0 Å². The number of benzene rings is 3. The van der Waals surface area contributed by atoms with E-state index in [4.69, 9.17) is 9.47 Å². The van der Waals surface area contributed by atoms with Gasteiger partial charge >= 0.3 is 0 Å². The van der Waals surface area contributed by atoms with E-state index in [0.717, 1.165) is 22.4 Å². The van der Waals surface area contributed by atoms with E-state index in [1.54, 1.807) is 13.2 Å². The molecule has 1 heterocycles. The van der Waals surface area contributed by atoms with Gasteiger partial charge in [0.05, 0.1) is 19.8 Å². The van der Waals surface area contributed by atoms with Crippen molar-refractivity contribution in [2.75, 3.05) is 31.7 Å². The van der Waals surface area contributed by atoms with Gasteiger partial charge in [-0.3, -0.25) is 4.79 Å². The number of hydrogen-bond acceptors (Lipinski definition) is 5. The second-order valence-corrected chi connectivity index (χ2v) is 8.97. The molecule has 36 heavy (non-hydrogen) atoms. The number of β-amino-alcohol motifs (C(OH)–C–C–N with tert-alkyl or cyclic N) is 1. The minimum Gasteiger partial charge on any atom is -0.493 e. The number of amides is 1. The Hall–Kier alpha value is -3.77. The molecule has 1 N–H and O–H groups in total. The fraction of sp³-hybridized carbons (Fsp3) is 0.300. The van der Waals surface area contributed by atoms with Gasteiger partial charge in [-0.15, -0.1) is 0 Å². The molecule has 3 aromatic rings. The third kappa shape index (κ3) is 6.26. The van der Waals surface area contributed by atoms with E-state index in [2.05, 4.69) is 11.5 Å². The highest BCUT2D eigenvalue weighted by molar-refractivity contribution is 5.79. The monoisotopic (exact) mass is 486 g/mol. The number of rotatable bonds is 10. The zero-order chi connectivity index (χ0) is 25.3. The summed E-state index contributed by atoms with van der Waals surface area (Å²) in [7, 11) is 1.61. The van der Waals surface area contributed by atoms with Crippen LogP contribution in [0.2, 0.25) is 0 Å². The zero-order valence-corrected chi connectivity index (χ0v) is 20.8. The quantitative estimate of drug-likeness (QED) is 0.425. The molecule has 0 saturated heterocycles. The molecule has 0 spiro atoms. The number of aliphatic hydroxyl groups excluding tert-OH is 1. The molecule has 0 aliphatic carbocycles. The summed E-state index contributed by atoms with van der Waals surface area (Å²) in [6.07, 6.45) is 2.00. The molecule has 0 bridgehead atoms. The number of anilines is 1. The smallest absolute Gasteiger partial charge is 0.224 e. The summed E-state index contributed by atoms with van der Waals surface area (Å²) in [5.74, 6) is 1.27. The van der Waals surface area contributed by atoms with E-state index in [9.17, 15) is 9.90 Å². The zero-order valence-electron chi connectivity index (χ0n) is 20.8. The number of carbonyl (C=O) groups is 1. The van der Waals surface area contributed by atoms with Crippen LogP contribution < -0.4 is 14.4 Å². The molecule has 1 amide bonds. The Morgan fingerprint density at radius 3 is 2.36 bits per heavy atom. The number of ether oxygens (including phenoxy) is 2. The molecular formula is C30H34N2O4. The number of fused-ring (bicyclic) bond motifs is 1. The van der Waals surface area contributed by atoms with E-state index in [1.807, 2.05) is 77.7 Å². The van der Waals surface area contributed by atoms with Crippen molar-refractivity contribution < 1.29 is 19.4 Å². The van der Waals surface area contributed by atoms with Gasteiger partial charge in [-0.25, -0.2) is 0 Å². The van der Waals surface area contributed by atoms with Gasteiger partial charge in [0.15, 0.2) is 11.5 Å². The topological polar surface area (TPSA) is 62.2 Å². The maximum Gasteiger partial charge on any atom is 0.224 e. The van der Waals surface area contributed by atoms with Gasteiger partial charge < -0.3 is 24.4 Å². The van der Waals surface area contributed by atoms with Crippen LogP contribution in [0.3, 0.4) is 0 Å². The summed E-state index contributed by atoms with van der Waals surface area (Å²) in [6.45, 7) is 5.88. The van der Waals surface area contributed by atoms with Crippen molar-refractivity contribution in [1.82, 2.24) is 4.90 Å². The third-order valence-corrected chi connectivity index (χ3v) is 6.36. The third-order valence-electron chi connectivity index (χ3n) is 6.36. The lowest BCUT2D eigenvalue weighted by Gasteiger charge is -2.35. The average molecular weight is 487 g/mol. The summed E-state index contributed by atoms with van der Waals surface area (Å²) in [4.78, 5) is 17.3. The van der Waals surface area contributed by atoms with E-state index in [1.165, 1.54) is 0 Å². The maximum absolute atomic E-state index is 13.3. The fourth-order valence-electron chi connectivity index (χ4n) is 4.64. The number of methoxy groups -OCH3 is 1. The SMILES string of the molecule is C=CCOc1c(OC)ccc2c1CN(Cc1ccccc1)C(=O)CCN2CC(O)Cc1ccccc1. The lowest BCUT2D eigenvalue weighted by molar-refractivity contribution is -0.132. The van der Waals surface area contributed by atoms with E-state index in [0.29, 0.717) is 57.1 Å². The molecule has 6 heteroatoms.